The average molecular weight is 499 g/mol. The van der Waals surface area contributed by atoms with Crippen LogP contribution in [0.3, 0.4) is 0 Å². The van der Waals surface area contributed by atoms with Gasteiger partial charge in [0.1, 0.15) is 18.2 Å². The highest BCUT2D eigenvalue weighted by Crippen LogP contribution is 2.26. The van der Waals surface area contributed by atoms with Gasteiger partial charge in [0.25, 0.3) is 5.91 Å². The molecule has 0 aliphatic rings. The number of hydrogen-bond donors (Lipinski definition) is 2. The highest BCUT2D eigenvalue weighted by atomic mass is 16.5. The van der Waals surface area contributed by atoms with Crippen molar-refractivity contribution in [1.29, 1.82) is 0 Å². The van der Waals surface area contributed by atoms with Crippen LogP contribution in [0.25, 0.3) is 33.3 Å². The van der Waals surface area contributed by atoms with Crippen LogP contribution in [0.1, 0.15) is 16.1 Å². The molecule has 0 saturated carbocycles. The zero-order valence-electron chi connectivity index (χ0n) is 21.2. The van der Waals surface area contributed by atoms with Gasteiger partial charge in [-0.15, -0.1) is 0 Å². The molecule has 8 nitrogen and oxygen atoms in total. The van der Waals surface area contributed by atoms with Crippen LogP contribution in [-0.4, -0.2) is 54.5 Å². The largest absolute Gasteiger partial charge is 0.491 e. The molecule has 0 saturated heterocycles. The van der Waals surface area contributed by atoms with Crippen LogP contribution in [0.4, 0.5) is 5.69 Å². The first kappa shape index (κ1) is 24.5. The first-order chi connectivity index (χ1) is 18.1. The third-order valence-electron chi connectivity index (χ3n) is 6.32. The van der Waals surface area contributed by atoms with E-state index in [0.717, 1.165) is 57.0 Å². The fraction of sp³-hybridized carbons (Fsp3) is 0.241. The van der Waals surface area contributed by atoms with Gasteiger partial charge in [-0.2, -0.15) is 0 Å². The van der Waals surface area contributed by atoms with Crippen molar-refractivity contribution in [2.45, 2.75) is 13.5 Å². The quantitative estimate of drug-likeness (QED) is 0.251. The number of anilines is 1. The van der Waals surface area contributed by atoms with Crippen LogP contribution in [-0.2, 0) is 16.0 Å². The summed E-state index contributed by atoms with van der Waals surface area (Å²) in [5.74, 6) is 1.32. The predicted molar refractivity (Wildman–Crippen MR) is 145 cm³/mol. The standard InChI is InChI=1S/C29H30N4O4/c1-19-16-22-17-23(8-11-27(22)33(19)12-13-35-2)30-29(34)21-6-4-20(5-7-21)28-31-25-10-9-24(18-26(25)32-28)37-15-14-36-3/h4-11,16-18H,12-15H2,1-3H3,(H,30,34)(H,31,32). The van der Waals surface area contributed by atoms with Gasteiger partial charge in [-0.1, -0.05) is 12.1 Å². The summed E-state index contributed by atoms with van der Waals surface area (Å²) in [4.78, 5) is 20.9. The molecular weight excluding hydrogens is 468 g/mol. The van der Waals surface area contributed by atoms with Crippen molar-refractivity contribution in [2.24, 2.45) is 0 Å². The molecule has 37 heavy (non-hydrogen) atoms. The number of H-pyrrole nitrogens is 1. The van der Waals surface area contributed by atoms with E-state index in [0.29, 0.717) is 25.4 Å². The van der Waals surface area contributed by atoms with Gasteiger partial charge in [-0.05, 0) is 55.5 Å². The highest BCUT2D eigenvalue weighted by Gasteiger charge is 2.11. The minimum atomic E-state index is -0.163. The lowest BCUT2D eigenvalue weighted by atomic mass is 10.1. The van der Waals surface area contributed by atoms with E-state index in [2.05, 4.69) is 32.8 Å². The van der Waals surface area contributed by atoms with Crippen molar-refractivity contribution in [3.63, 3.8) is 0 Å². The second kappa shape index (κ2) is 10.9. The van der Waals surface area contributed by atoms with Crippen LogP contribution < -0.4 is 10.1 Å². The van der Waals surface area contributed by atoms with Crippen LogP contribution in [0.2, 0.25) is 0 Å². The Kier molecular flexibility index (Phi) is 7.20. The number of benzene rings is 3. The van der Waals surface area contributed by atoms with E-state index in [1.54, 1.807) is 26.4 Å². The lowest BCUT2D eigenvalue weighted by Gasteiger charge is -2.09. The van der Waals surface area contributed by atoms with Gasteiger partial charge in [0.05, 0.1) is 24.2 Å². The molecular formula is C29H30N4O4. The number of ether oxygens (including phenoxy) is 3. The van der Waals surface area contributed by atoms with Crippen molar-refractivity contribution in [1.82, 2.24) is 14.5 Å². The average Bonchev–Trinajstić information content (AvgIpc) is 3.47. The van der Waals surface area contributed by atoms with Crippen LogP contribution in [0, 0.1) is 6.92 Å². The minimum absolute atomic E-state index is 0.163. The fourth-order valence-electron chi connectivity index (χ4n) is 4.41. The molecule has 3 aromatic carbocycles. The van der Waals surface area contributed by atoms with E-state index in [-0.39, 0.29) is 5.91 Å². The zero-order valence-corrected chi connectivity index (χ0v) is 21.2. The number of hydrogen-bond acceptors (Lipinski definition) is 5. The molecule has 2 aromatic heterocycles. The molecule has 0 unspecified atom stereocenters. The van der Waals surface area contributed by atoms with Gasteiger partial charge >= 0.3 is 0 Å². The van der Waals surface area contributed by atoms with Crippen molar-refractivity contribution in [2.75, 3.05) is 39.4 Å². The predicted octanol–water partition coefficient (Wildman–Crippen LogP) is 5.42. The zero-order chi connectivity index (χ0) is 25.8. The number of carbonyl (C=O) groups excluding carboxylic acids is 1. The lowest BCUT2D eigenvalue weighted by molar-refractivity contribution is 0.102. The first-order valence-electron chi connectivity index (χ1n) is 12.2. The van der Waals surface area contributed by atoms with Crippen molar-refractivity contribution < 1.29 is 19.0 Å². The molecule has 0 fully saturated rings. The van der Waals surface area contributed by atoms with E-state index in [9.17, 15) is 4.79 Å². The Bertz CT molecular complexity index is 1540. The Morgan fingerprint density at radius 2 is 1.76 bits per heavy atom. The van der Waals surface area contributed by atoms with E-state index in [1.807, 2.05) is 48.5 Å². The molecule has 1 amide bonds. The van der Waals surface area contributed by atoms with Gasteiger partial charge < -0.3 is 29.1 Å². The SMILES string of the molecule is COCCOc1ccc2nc(-c3ccc(C(=O)Nc4ccc5c(c4)cc(C)n5CCOC)cc3)[nH]c2c1. The number of nitrogens with zero attached hydrogens (tertiary/aromatic N) is 2. The molecule has 0 atom stereocenters. The molecule has 8 heteroatoms. The summed E-state index contributed by atoms with van der Waals surface area (Å²) in [5, 5.41) is 4.09. The number of aromatic amines is 1. The van der Waals surface area contributed by atoms with Crippen molar-refractivity contribution in [3.05, 3.63) is 78.0 Å². The Morgan fingerprint density at radius 1 is 0.946 bits per heavy atom. The molecule has 2 heterocycles. The summed E-state index contributed by atoms with van der Waals surface area (Å²) in [6.45, 7) is 4.53. The monoisotopic (exact) mass is 498 g/mol. The number of aromatic nitrogens is 3. The molecule has 0 radical (unpaired) electrons. The number of nitrogens with one attached hydrogen (secondary N) is 2. The maximum absolute atomic E-state index is 12.9. The number of fused-ring (bicyclic) bond motifs is 2. The van der Waals surface area contributed by atoms with E-state index >= 15 is 0 Å². The molecule has 0 aliphatic heterocycles. The van der Waals surface area contributed by atoms with Gasteiger partial charge in [0, 0.05) is 60.2 Å². The molecule has 5 aromatic rings. The van der Waals surface area contributed by atoms with E-state index in [1.165, 1.54) is 0 Å². The van der Waals surface area contributed by atoms with Gasteiger partial charge in [0.15, 0.2) is 0 Å². The summed E-state index contributed by atoms with van der Waals surface area (Å²) in [7, 11) is 3.35. The molecule has 0 bridgehead atoms. The number of imidazole rings is 1. The Hall–Kier alpha value is -4.14. The van der Waals surface area contributed by atoms with E-state index < -0.39 is 0 Å². The molecule has 2 N–H and O–H groups in total. The third kappa shape index (κ3) is 5.35. The minimum Gasteiger partial charge on any atom is -0.491 e. The first-order valence-corrected chi connectivity index (χ1v) is 12.2. The second-order valence-electron chi connectivity index (χ2n) is 8.84. The van der Waals surface area contributed by atoms with Gasteiger partial charge in [-0.3, -0.25) is 4.79 Å². The molecule has 0 spiro atoms. The van der Waals surface area contributed by atoms with Gasteiger partial charge in [0.2, 0.25) is 0 Å². The maximum atomic E-state index is 12.9. The van der Waals surface area contributed by atoms with Gasteiger partial charge in [-0.25, -0.2) is 4.98 Å². The smallest absolute Gasteiger partial charge is 0.255 e. The number of aryl methyl sites for hydroxylation is 1. The lowest BCUT2D eigenvalue weighted by Crippen LogP contribution is -2.11. The summed E-state index contributed by atoms with van der Waals surface area (Å²) >= 11 is 0. The number of rotatable bonds is 10. The summed E-state index contributed by atoms with van der Waals surface area (Å²) < 4.78 is 18.2. The maximum Gasteiger partial charge on any atom is 0.255 e. The summed E-state index contributed by atoms with van der Waals surface area (Å²) in [6, 6.07) is 21.2. The Balaban J connectivity index is 1.28. The molecule has 0 aliphatic carbocycles. The van der Waals surface area contributed by atoms with Crippen molar-refractivity contribution >= 4 is 33.5 Å². The highest BCUT2D eigenvalue weighted by molar-refractivity contribution is 6.05. The van der Waals surface area contributed by atoms with Crippen LogP contribution in [0.5, 0.6) is 5.75 Å². The fourth-order valence-corrected chi connectivity index (χ4v) is 4.41. The second-order valence-corrected chi connectivity index (χ2v) is 8.84. The Labute approximate surface area is 215 Å². The molecule has 5 rings (SSSR count). The summed E-state index contributed by atoms with van der Waals surface area (Å²) in [5.41, 5.74) is 6.23. The van der Waals surface area contributed by atoms with Crippen LogP contribution in [0.15, 0.2) is 66.7 Å². The van der Waals surface area contributed by atoms with Crippen molar-refractivity contribution in [3.8, 4) is 17.1 Å². The number of amides is 1. The normalized spacial score (nSPS) is 11.3. The molecule has 190 valence electrons. The van der Waals surface area contributed by atoms with Crippen LogP contribution >= 0.6 is 0 Å². The third-order valence-corrected chi connectivity index (χ3v) is 6.32. The number of methoxy groups -OCH3 is 2. The number of carbonyl (C=O) groups is 1. The Morgan fingerprint density at radius 3 is 2.54 bits per heavy atom. The summed E-state index contributed by atoms with van der Waals surface area (Å²) in [6.07, 6.45) is 0. The van der Waals surface area contributed by atoms with E-state index in [4.69, 9.17) is 14.2 Å². The topological polar surface area (TPSA) is 90.4 Å².